The Kier molecular flexibility index (Phi) is 4.24. The number of anilines is 1. The van der Waals surface area contributed by atoms with E-state index >= 15 is 0 Å². The van der Waals surface area contributed by atoms with Crippen molar-refractivity contribution in [3.05, 3.63) is 97.0 Å². The SMILES string of the molecule is c1ccc(-c2nc(C3CN(c4ccc(-c5cnc6oc7ccccc7c6c5)cc4)C3)no2)cc1. The zero-order chi connectivity index (χ0) is 22.5. The second-order valence-electron chi connectivity index (χ2n) is 8.65. The number of nitrogens with zero attached hydrogens (tertiary/aromatic N) is 4. The summed E-state index contributed by atoms with van der Waals surface area (Å²) in [5, 5.41) is 6.34. The largest absolute Gasteiger partial charge is 0.438 e. The Balaban J connectivity index is 1.08. The maximum absolute atomic E-state index is 5.85. The van der Waals surface area contributed by atoms with Gasteiger partial charge in [-0.25, -0.2) is 4.98 Å². The zero-order valence-corrected chi connectivity index (χ0v) is 18.3. The van der Waals surface area contributed by atoms with Gasteiger partial charge in [0.15, 0.2) is 5.82 Å². The number of hydrogen-bond donors (Lipinski definition) is 0. The number of hydrogen-bond acceptors (Lipinski definition) is 6. The van der Waals surface area contributed by atoms with Crippen LogP contribution < -0.4 is 4.90 Å². The van der Waals surface area contributed by atoms with Gasteiger partial charge in [0.2, 0.25) is 5.71 Å². The van der Waals surface area contributed by atoms with Gasteiger partial charge in [-0.1, -0.05) is 53.7 Å². The second-order valence-corrected chi connectivity index (χ2v) is 8.65. The third-order valence-electron chi connectivity index (χ3n) is 6.51. The lowest BCUT2D eigenvalue weighted by molar-refractivity contribution is 0.402. The van der Waals surface area contributed by atoms with E-state index in [4.69, 9.17) is 8.94 Å². The number of rotatable bonds is 4. The summed E-state index contributed by atoms with van der Waals surface area (Å²) in [6, 6.07) is 28.7. The molecule has 0 amide bonds. The van der Waals surface area contributed by atoms with Crippen LogP contribution in [0.3, 0.4) is 0 Å². The molecule has 0 atom stereocenters. The van der Waals surface area contributed by atoms with Gasteiger partial charge in [0, 0.05) is 46.9 Å². The Labute approximate surface area is 195 Å². The van der Waals surface area contributed by atoms with E-state index in [1.807, 2.05) is 54.7 Å². The summed E-state index contributed by atoms with van der Waals surface area (Å²) in [7, 11) is 0. The van der Waals surface area contributed by atoms with Gasteiger partial charge in [-0.15, -0.1) is 0 Å². The number of fused-ring (bicyclic) bond motifs is 3. The first-order valence-electron chi connectivity index (χ1n) is 11.3. The van der Waals surface area contributed by atoms with Crippen molar-refractivity contribution in [2.24, 2.45) is 0 Å². The lowest BCUT2D eigenvalue weighted by Gasteiger charge is -2.39. The van der Waals surface area contributed by atoms with Gasteiger partial charge < -0.3 is 13.8 Å². The summed E-state index contributed by atoms with van der Waals surface area (Å²) in [5.41, 5.74) is 5.88. The highest BCUT2D eigenvalue weighted by atomic mass is 16.5. The van der Waals surface area contributed by atoms with Gasteiger partial charge >= 0.3 is 0 Å². The van der Waals surface area contributed by atoms with Crippen molar-refractivity contribution >= 4 is 27.8 Å². The lowest BCUT2D eigenvalue weighted by atomic mass is 9.97. The summed E-state index contributed by atoms with van der Waals surface area (Å²) in [6.07, 6.45) is 1.87. The first kappa shape index (κ1) is 19.1. The number of furan rings is 1. The fourth-order valence-electron chi connectivity index (χ4n) is 4.58. The summed E-state index contributed by atoms with van der Waals surface area (Å²) in [5.74, 6) is 1.63. The van der Waals surface area contributed by atoms with Crippen molar-refractivity contribution in [3.8, 4) is 22.6 Å². The summed E-state index contributed by atoms with van der Waals surface area (Å²) in [6.45, 7) is 1.75. The van der Waals surface area contributed by atoms with Gasteiger partial charge in [0.25, 0.3) is 5.89 Å². The first-order chi connectivity index (χ1) is 16.8. The van der Waals surface area contributed by atoms with E-state index in [0.717, 1.165) is 52.0 Å². The maximum atomic E-state index is 5.85. The minimum absolute atomic E-state index is 0.280. The van der Waals surface area contributed by atoms with Crippen LogP contribution in [0, 0.1) is 0 Å². The molecule has 3 aromatic carbocycles. The van der Waals surface area contributed by atoms with Crippen LogP contribution in [0.4, 0.5) is 5.69 Å². The van der Waals surface area contributed by atoms with Gasteiger partial charge in [-0.2, -0.15) is 4.98 Å². The first-order valence-corrected chi connectivity index (χ1v) is 11.3. The van der Waals surface area contributed by atoms with E-state index in [-0.39, 0.29) is 5.92 Å². The second kappa shape index (κ2) is 7.56. The van der Waals surface area contributed by atoms with Crippen LogP contribution in [0.1, 0.15) is 11.7 Å². The molecule has 1 aliphatic heterocycles. The van der Waals surface area contributed by atoms with Crippen LogP contribution in [-0.4, -0.2) is 28.2 Å². The molecule has 34 heavy (non-hydrogen) atoms. The molecule has 1 aliphatic rings. The number of para-hydroxylation sites is 1. The highest BCUT2D eigenvalue weighted by Crippen LogP contribution is 2.34. The molecule has 0 spiro atoms. The van der Waals surface area contributed by atoms with E-state index in [9.17, 15) is 0 Å². The molecule has 1 saturated heterocycles. The Hall–Kier alpha value is -4.45. The third kappa shape index (κ3) is 3.15. The van der Waals surface area contributed by atoms with Crippen molar-refractivity contribution in [1.29, 1.82) is 0 Å². The van der Waals surface area contributed by atoms with Crippen molar-refractivity contribution in [1.82, 2.24) is 15.1 Å². The minimum atomic E-state index is 0.280. The molecule has 6 heteroatoms. The monoisotopic (exact) mass is 444 g/mol. The molecule has 0 radical (unpaired) electrons. The average molecular weight is 444 g/mol. The lowest BCUT2D eigenvalue weighted by Crippen LogP contribution is -2.45. The van der Waals surface area contributed by atoms with Crippen molar-refractivity contribution in [3.63, 3.8) is 0 Å². The van der Waals surface area contributed by atoms with Crippen LogP contribution in [0.2, 0.25) is 0 Å². The molecular formula is C28H20N4O2. The molecule has 1 fully saturated rings. The van der Waals surface area contributed by atoms with Crippen molar-refractivity contribution in [2.75, 3.05) is 18.0 Å². The van der Waals surface area contributed by atoms with Crippen LogP contribution in [0.5, 0.6) is 0 Å². The maximum Gasteiger partial charge on any atom is 0.257 e. The highest BCUT2D eigenvalue weighted by molar-refractivity contribution is 6.04. The fraction of sp³-hybridized carbons (Fsp3) is 0.107. The summed E-state index contributed by atoms with van der Waals surface area (Å²) in [4.78, 5) is 11.5. The smallest absolute Gasteiger partial charge is 0.257 e. The van der Waals surface area contributed by atoms with Gasteiger partial charge in [-0.3, -0.25) is 0 Å². The predicted octanol–water partition coefficient (Wildman–Crippen LogP) is 6.30. The van der Waals surface area contributed by atoms with Crippen LogP contribution in [0.25, 0.3) is 44.7 Å². The zero-order valence-electron chi connectivity index (χ0n) is 18.3. The molecule has 0 saturated carbocycles. The predicted molar refractivity (Wildman–Crippen MR) is 132 cm³/mol. The normalized spacial score (nSPS) is 14.1. The van der Waals surface area contributed by atoms with Gasteiger partial charge in [-0.05, 0) is 42.0 Å². The van der Waals surface area contributed by atoms with Crippen molar-refractivity contribution < 1.29 is 8.94 Å². The highest BCUT2D eigenvalue weighted by Gasteiger charge is 2.32. The molecule has 0 unspecified atom stereocenters. The molecule has 6 aromatic rings. The van der Waals surface area contributed by atoms with E-state index in [0.29, 0.717) is 11.6 Å². The quantitative estimate of drug-likeness (QED) is 0.318. The number of pyridine rings is 1. The van der Waals surface area contributed by atoms with Gasteiger partial charge in [0.05, 0.1) is 5.92 Å². The number of aromatic nitrogens is 3. The average Bonchev–Trinajstić information content (AvgIpc) is 3.49. The van der Waals surface area contributed by atoms with Gasteiger partial charge in [0.1, 0.15) is 5.58 Å². The van der Waals surface area contributed by atoms with Crippen molar-refractivity contribution in [2.45, 2.75) is 5.92 Å². The molecule has 7 rings (SSSR count). The van der Waals surface area contributed by atoms with Crippen LogP contribution >= 0.6 is 0 Å². The summed E-state index contributed by atoms with van der Waals surface area (Å²) < 4.78 is 11.3. The number of benzene rings is 3. The molecule has 6 nitrogen and oxygen atoms in total. The van der Waals surface area contributed by atoms with E-state index in [1.165, 1.54) is 5.69 Å². The molecule has 0 aliphatic carbocycles. The van der Waals surface area contributed by atoms with E-state index < -0.39 is 0 Å². The Morgan fingerprint density at radius 2 is 1.56 bits per heavy atom. The Bertz CT molecular complexity index is 1610. The Morgan fingerprint density at radius 1 is 0.765 bits per heavy atom. The third-order valence-corrected chi connectivity index (χ3v) is 6.51. The topological polar surface area (TPSA) is 68.2 Å². The summed E-state index contributed by atoms with van der Waals surface area (Å²) >= 11 is 0. The molecule has 3 aromatic heterocycles. The standard InChI is InChI=1S/C28H20N4O2/c1-2-6-19(7-3-1)27-30-26(31-34-27)21-16-32(17-21)22-12-10-18(11-13-22)20-14-24-23-8-4-5-9-25(23)33-28(24)29-15-20/h1-15,21H,16-17H2. The van der Waals surface area contributed by atoms with Crippen LogP contribution in [-0.2, 0) is 0 Å². The molecule has 0 N–H and O–H groups in total. The molecule has 0 bridgehead atoms. The molecular weight excluding hydrogens is 424 g/mol. The minimum Gasteiger partial charge on any atom is -0.438 e. The molecule has 164 valence electrons. The molecule has 4 heterocycles. The van der Waals surface area contributed by atoms with Crippen LogP contribution in [0.15, 0.2) is 100 Å². The van der Waals surface area contributed by atoms with E-state index in [1.54, 1.807) is 0 Å². The Morgan fingerprint density at radius 3 is 2.41 bits per heavy atom. The fourth-order valence-corrected chi connectivity index (χ4v) is 4.58. The van der Waals surface area contributed by atoms with E-state index in [2.05, 4.69) is 56.4 Å².